The lowest BCUT2D eigenvalue weighted by molar-refractivity contribution is 0.367. The standard InChI is InChI=1S/C16H12O8/c1-23-9-5-4-8-10(13(9)20)14(21)15(22)16(24-8)6-2-3-7(17)12(19)11(6)18/h2-5,17-20,22H,1H3. The van der Waals surface area contributed by atoms with Crippen LogP contribution in [0.1, 0.15) is 0 Å². The largest absolute Gasteiger partial charge is 0.504 e. The second kappa shape index (κ2) is 5.27. The number of hydrogen-bond donors (Lipinski definition) is 5. The van der Waals surface area contributed by atoms with Crippen LogP contribution in [0.25, 0.3) is 22.3 Å². The summed E-state index contributed by atoms with van der Waals surface area (Å²) in [5, 5.41) is 48.7. The first kappa shape index (κ1) is 15.3. The minimum atomic E-state index is -0.949. The van der Waals surface area contributed by atoms with Gasteiger partial charge in [-0.15, -0.1) is 0 Å². The highest BCUT2D eigenvalue weighted by atomic mass is 16.5. The Hall–Kier alpha value is -3.55. The summed E-state index contributed by atoms with van der Waals surface area (Å²) >= 11 is 0. The van der Waals surface area contributed by atoms with Gasteiger partial charge >= 0.3 is 0 Å². The Morgan fingerprint density at radius 3 is 2.25 bits per heavy atom. The van der Waals surface area contributed by atoms with Gasteiger partial charge in [-0.05, 0) is 24.3 Å². The Balaban J connectivity index is 2.39. The topological polar surface area (TPSA) is 141 Å². The van der Waals surface area contributed by atoms with Gasteiger partial charge in [0.25, 0.3) is 0 Å². The number of methoxy groups -OCH3 is 1. The molecule has 3 aromatic rings. The van der Waals surface area contributed by atoms with E-state index in [9.17, 15) is 30.3 Å². The minimum absolute atomic E-state index is 0.0204. The predicted octanol–water partition coefficient (Wildman–Crippen LogP) is 2.00. The van der Waals surface area contributed by atoms with Gasteiger partial charge in [-0.3, -0.25) is 4.79 Å². The van der Waals surface area contributed by atoms with E-state index in [4.69, 9.17) is 9.15 Å². The Morgan fingerprint density at radius 1 is 0.875 bits per heavy atom. The third-order valence-electron chi connectivity index (χ3n) is 3.57. The average molecular weight is 332 g/mol. The Kier molecular flexibility index (Phi) is 3.37. The molecule has 124 valence electrons. The highest BCUT2D eigenvalue weighted by molar-refractivity contribution is 5.90. The van der Waals surface area contributed by atoms with E-state index in [2.05, 4.69) is 0 Å². The summed E-state index contributed by atoms with van der Waals surface area (Å²) in [5.41, 5.74) is -1.23. The molecule has 3 rings (SSSR count). The van der Waals surface area contributed by atoms with Gasteiger partial charge in [0.15, 0.2) is 28.8 Å². The number of phenolic OH excluding ortho intramolecular Hbond substituents is 4. The van der Waals surface area contributed by atoms with Crippen LogP contribution in [0.15, 0.2) is 33.5 Å². The normalized spacial score (nSPS) is 10.9. The molecule has 2 aromatic carbocycles. The summed E-state index contributed by atoms with van der Waals surface area (Å²) in [6, 6.07) is 4.90. The Bertz CT molecular complexity index is 1020. The van der Waals surface area contributed by atoms with E-state index in [1.165, 1.54) is 19.2 Å². The molecule has 0 aliphatic heterocycles. The SMILES string of the molecule is COc1ccc2oc(-c3ccc(O)c(O)c3O)c(O)c(=O)c2c1O. The van der Waals surface area contributed by atoms with Gasteiger partial charge in [-0.25, -0.2) is 0 Å². The number of fused-ring (bicyclic) bond motifs is 1. The molecule has 0 fully saturated rings. The lowest BCUT2D eigenvalue weighted by Gasteiger charge is -2.11. The molecule has 0 aliphatic rings. The van der Waals surface area contributed by atoms with Crippen molar-refractivity contribution in [2.45, 2.75) is 0 Å². The number of rotatable bonds is 2. The Morgan fingerprint density at radius 2 is 1.58 bits per heavy atom. The van der Waals surface area contributed by atoms with E-state index >= 15 is 0 Å². The van der Waals surface area contributed by atoms with Crippen LogP contribution in [0.5, 0.6) is 34.5 Å². The zero-order chi connectivity index (χ0) is 17.6. The summed E-state index contributed by atoms with van der Waals surface area (Å²) in [7, 11) is 1.30. The van der Waals surface area contributed by atoms with Crippen LogP contribution in [0.2, 0.25) is 0 Å². The van der Waals surface area contributed by atoms with Crippen molar-refractivity contribution >= 4 is 11.0 Å². The van der Waals surface area contributed by atoms with Crippen LogP contribution in [-0.2, 0) is 0 Å². The summed E-state index contributed by atoms with van der Waals surface area (Å²) < 4.78 is 10.3. The van der Waals surface area contributed by atoms with Crippen molar-refractivity contribution in [3.05, 3.63) is 34.5 Å². The number of aromatic hydroxyl groups is 5. The molecule has 1 aromatic heterocycles. The zero-order valence-electron chi connectivity index (χ0n) is 12.3. The van der Waals surface area contributed by atoms with Gasteiger partial charge in [0.1, 0.15) is 11.0 Å². The second-order valence-corrected chi connectivity index (χ2v) is 4.93. The van der Waals surface area contributed by atoms with Crippen molar-refractivity contribution in [1.29, 1.82) is 0 Å². The van der Waals surface area contributed by atoms with Gasteiger partial charge in [0, 0.05) is 0 Å². The van der Waals surface area contributed by atoms with Crippen molar-refractivity contribution in [1.82, 2.24) is 0 Å². The molecule has 0 spiro atoms. The molecule has 0 atom stereocenters. The smallest absolute Gasteiger partial charge is 0.238 e. The van der Waals surface area contributed by atoms with E-state index in [1.807, 2.05) is 0 Å². The van der Waals surface area contributed by atoms with Crippen LogP contribution in [0.3, 0.4) is 0 Å². The molecule has 8 nitrogen and oxygen atoms in total. The van der Waals surface area contributed by atoms with E-state index < -0.39 is 39.9 Å². The first-order valence-electron chi connectivity index (χ1n) is 6.66. The van der Waals surface area contributed by atoms with Crippen LogP contribution >= 0.6 is 0 Å². The molecule has 0 unspecified atom stereocenters. The lowest BCUT2D eigenvalue weighted by Crippen LogP contribution is -2.03. The molecular weight excluding hydrogens is 320 g/mol. The summed E-state index contributed by atoms with van der Waals surface area (Å²) in [4.78, 5) is 12.4. The summed E-state index contributed by atoms with van der Waals surface area (Å²) in [5.74, 6) is -3.97. The number of hydrogen-bond acceptors (Lipinski definition) is 8. The van der Waals surface area contributed by atoms with Gasteiger partial charge in [0.05, 0.1) is 12.7 Å². The van der Waals surface area contributed by atoms with E-state index in [0.29, 0.717) is 0 Å². The van der Waals surface area contributed by atoms with Crippen molar-refractivity contribution in [2.75, 3.05) is 7.11 Å². The molecule has 5 N–H and O–H groups in total. The molecule has 0 bridgehead atoms. The maximum absolute atomic E-state index is 12.4. The first-order valence-corrected chi connectivity index (χ1v) is 6.66. The number of ether oxygens (including phenoxy) is 1. The van der Waals surface area contributed by atoms with Gasteiger partial charge in [0.2, 0.25) is 16.9 Å². The monoisotopic (exact) mass is 332 g/mol. The molecule has 8 heteroatoms. The van der Waals surface area contributed by atoms with E-state index in [-0.39, 0.29) is 22.3 Å². The van der Waals surface area contributed by atoms with Crippen LogP contribution < -0.4 is 10.2 Å². The molecule has 0 saturated heterocycles. The van der Waals surface area contributed by atoms with Gasteiger partial charge < -0.3 is 34.7 Å². The molecule has 0 radical (unpaired) electrons. The molecule has 0 saturated carbocycles. The highest BCUT2D eigenvalue weighted by Crippen LogP contribution is 2.45. The second-order valence-electron chi connectivity index (χ2n) is 4.93. The molecule has 24 heavy (non-hydrogen) atoms. The van der Waals surface area contributed by atoms with Crippen LogP contribution in [0.4, 0.5) is 0 Å². The fourth-order valence-electron chi connectivity index (χ4n) is 2.34. The molecular formula is C16H12O8. The number of phenols is 4. The van der Waals surface area contributed by atoms with E-state index in [1.54, 1.807) is 0 Å². The average Bonchev–Trinajstić information content (AvgIpc) is 2.56. The summed E-state index contributed by atoms with van der Waals surface area (Å²) in [6.45, 7) is 0. The van der Waals surface area contributed by atoms with Crippen LogP contribution in [-0.4, -0.2) is 32.6 Å². The lowest BCUT2D eigenvalue weighted by atomic mass is 10.1. The van der Waals surface area contributed by atoms with Crippen molar-refractivity contribution < 1.29 is 34.7 Å². The van der Waals surface area contributed by atoms with Crippen molar-refractivity contribution in [3.63, 3.8) is 0 Å². The maximum Gasteiger partial charge on any atom is 0.238 e. The van der Waals surface area contributed by atoms with Gasteiger partial charge in [-0.2, -0.15) is 0 Å². The van der Waals surface area contributed by atoms with Crippen LogP contribution in [0, 0.1) is 0 Å². The zero-order valence-corrected chi connectivity index (χ0v) is 12.3. The molecule has 0 amide bonds. The predicted molar refractivity (Wildman–Crippen MR) is 82.8 cm³/mol. The first-order chi connectivity index (χ1) is 11.4. The fraction of sp³-hybridized carbons (Fsp3) is 0.0625. The molecule has 0 aliphatic carbocycles. The fourth-order valence-corrected chi connectivity index (χ4v) is 2.34. The van der Waals surface area contributed by atoms with Crippen molar-refractivity contribution in [3.8, 4) is 45.8 Å². The third-order valence-corrected chi connectivity index (χ3v) is 3.57. The number of benzene rings is 2. The Labute approximate surface area is 134 Å². The van der Waals surface area contributed by atoms with Gasteiger partial charge in [-0.1, -0.05) is 0 Å². The maximum atomic E-state index is 12.4. The summed E-state index contributed by atoms with van der Waals surface area (Å²) in [6.07, 6.45) is 0. The van der Waals surface area contributed by atoms with Crippen molar-refractivity contribution in [2.24, 2.45) is 0 Å². The third kappa shape index (κ3) is 2.04. The minimum Gasteiger partial charge on any atom is -0.504 e. The van der Waals surface area contributed by atoms with E-state index in [0.717, 1.165) is 12.1 Å². The quantitative estimate of drug-likeness (QED) is 0.449. The highest BCUT2D eigenvalue weighted by Gasteiger charge is 2.23. The molecule has 1 heterocycles.